The van der Waals surface area contributed by atoms with E-state index < -0.39 is 17.7 Å². The molecule has 0 radical (unpaired) electrons. The van der Waals surface area contributed by atoms with Gasteiger partial charge in [0.05, 0.1) is 32.6 Å². The smallest absolute Gasteiger partial charge is 0.336 e. The van der Waals surface area contributed by atoms with Crippen molar-refractivity contribution in [2.45, 2.75) is 12.3 Å². The number of anilines is 1. The molecule has 2 aliphatic heterocycles. The summed E-state index contributed by atoms with van der Waals surface area (Å²) in [4.78, 5) is 27.1. The number of ether oxygens (including phenoxy) is 4. The second-order valence-electron chi connectivity index (χ2n) is 6.86. The second kappa shape index (κ2) is 7.70. The number of hydrogen-bond acceptors (Lipinski definition) is 6. The van der Waals surface area contributed by atoms with Crippen LogP contribution in [0.2, 0.25) is 0 Å². The topological polar surface area (TPSA) is 74.3 Å². The average molecular weight is 413 g/mol. The number of esters is 1. The normalized spacial score (nSPS) is 18.3. The summed E-state index contributed by atoms with van der Waals surface area (Å²) in [7, 11) is 4.50. The second-order valence-corrected chi connectivity index (χ2v) is 6.86. The highest BCUT2D eigenvalue weighted by Crippen LogP contribution is 2.46. The quantitative estimate of drug-likeness (QED) is 0.701. The van der Waals surface area contributed by atoms with Gasteiger partial charge >= 0.3 is 5.97 Å². The van der Waals surface area contributed by atoms with Crippen molar-refractivity contribution in [1.29, 1.82) is 0 Å². The molecule has 7 nitrogen and oxygen atoms in total. The van der Waals surface area contributed by atoms with Crippen molar-refractivity contribution in [1.82, 2.24) is 0 Å². The number of benzene rings is 2. The molecule has 1 atom stereocenters. The van der Waals surface area contributed by atoms with Crippen molar-refractivity contribution in [2.75, 3.05) is 32.8 Å². The fourth-order valence-electron chi connectivity index (χ4n) is 3.93. The summed E-state index contributed by atoms with van der Waals surface area (Å²) in [6.07, 6.45) is 0.0317. The van der Waals surface area contributed by atoms with Gasteiger partial charge in [0.25, 0.3) is 0 Å². The molecular formula is C22H20FNO6. The zero-order chi connectivity index (χ0) is 21.4. The van der Waals surface area contributed by atoms with Gasteiger partial charge in [-0.25, -0.2) is 9.18 Å². The summed E-state index contributed by atoms with van der Waals surface area (Å²) in [5.74, 6) is -0.385. The lowest BCUT2D eigenvalue weighted by atomic mass is 9.83. The van der Waals surface area contributed by atoms with E-state index in [1.54, 1.807) is 12.1 Å². The fraction of sp³-hybridized carbons (Fsp3) is 0.273. The van der Waals surface area contributed by atoms with Crippen LogP contribution in [0.3, 0.4) is 0 Å². The van der Waals surface area contributed by atoms with Crippen LogP contribution in [-0.4, -0.2) is 39.8 Å². The van der Waals surface area contributed by atoms with Crippen LogP contribution in [0.1, 0.15) is 17.9 Å². The van der Waals surface area contributed by atoms with Gasteiger partial charge < -0.3 is 18.9 Å². The van der Waals surface area contributed by atoms with Gasteiger partial charge in [-0.05, 0) is 42.0 Å². The van der Waals surface area contributed by atoms with Crippen LogP contribution in [-0.2, 0) is 14.3 Å². The summed E-state index contributed by atoms with van der Waals surface area (Å²) in [6, 6.07) is 8.99. The molecule has 2 aliphatic rings. The van der Waals surface area contributed by atoms with Gasteiger partial charge in [-0.15, -0.1) is 0 Å². The Kier molecular flexibility index (Phi) is 5.07. The molecule has 156 valence electrons. The fourth-order valence-corrected chi connectivity index (χ4v) is 3.93. The Morgan fingerprint density at radius 1 is 1.00 bits per heavy atom. The first kappa shape index (κ1) is 19.8. The monoisotopic (exact) mass is 413 g/mol. The predicted octanol–water partition coefficient (Wildman–Crippen LogP) is 3.18. The van der Waals surface area contributed by atoms with Crippen LogP contribution in [0.5, 0.6) is 17.2 Å². The Balaban J connectivity index is 1.84. The van der Waals surface area contributed by atoms with Gasteiger partial charge in [0.15, 0.2) is 11.5 Å². The molecule has 30 heavy (non-hydrogen) atoms. The van der Waals surface area contributed by atoms with Gasteiger partial charge in [-0.2, -0.15) is 0 Å². The van der Waals surface area contributed by atoms with E-state index in [4.69, 9.17) is 18.9 Å². The first-order valence-corrected chi connectivity index (χ1v) is 9.27. The van der Waals surface area contributed by atoms with Crippen molar-refractivity contribution < 1.29 is 32.9 Å². The maximum Gasteiger partial charge on any atom is 0.336 e. The first-order chi connectivity index (χ1) is 14.5. The minimum absolute atomic E-state index is 0.0296. The van der Waals surface area contributed by atoms with E-state index >= 15 is 0 Å². The molecule has 0 saturated carbocycles. The third-order valence-corrected chi connectivity index (χ3v) is 5.29. The van der Waals surface area contributed by atoms with E-state index in [1.807, 2.05) is 0 Å². The minimum atomic E-state index is -0.534. The van der Waals surface area contributed by atoms with Crippen LogP contribution in [0.25, 0.3) is 0 Å². The highest BCUT2D eigenvalue weighted by molar-refractivity contribution is 6.06. The number of carbonyl (C=O) groups excluding carboxylic acids is 2. The van der Waals surface area contributed by atoms with Gasteiger partial charge in [-0.3, -0.25) is 9.69 Å². The lowest BCUT2D eigenvalue weighted by Crippen LogP contribution is -2.37. The van der Waals surface area contributed by atoms with E-state index in [9.17, 15) is 14.0 Å². The maximum atomic E-state index is 13.3. The van der Waals surface area contributed by atoms with Crippen LogP contribution >= 0.6 is 0 Å². The molecule has 4 rings (SSSR count). The van der Waals surface area contributed by atoms with Gasteiger partial charge in [0.2, 0.25) is 11.7 Å². The van der Waals surface area contributed by atoms with Crippen LogP contribution in [0.15, 0.2) is 47.7 Å². The molecule has 1 amide bonds. The summed E-state index contributed by atoms with van der Waals surface area (Å²) in [6.45, 7) is -0.0296. The van der Waals surface area contributed by atoms with Crippen molar-refractivity contribution >= 4 is 17.6 Å². The largest absolute Gasteiger partial charge is 0.493 e. The summed E-state index contributed by atoms with van der Waals surface area (Å²) in [5.41, 5.74) is 2.01. The molecule has 0 saturated heterocycles. The number of carbonyl (C=O) groups is 2. The average Bonchev–Trinajstić information content (AvgIpc) is 3.14. The third kappa shape index (κ3) is 3.14. The molecule has 8 heteroatoms. The molecule has 0 unspecified atom stereocenters. The van der Waals surface area contributed by atoms with Crippen LogP contribution < -0.4 is 19.1 Å². The lowest BCUT2D eigenvalue weighted by molar-refractivity contribution is -0.136. The Morgan fingerprint density at radius 3 is 2.20 bits per heavy atom. The number of cyclic esters (lactones) is 1. The summed E-state index contributed by atoms with van der Waals surface area (Å²) in [5, 5.41) is 0. The van der Waals surface area contributed by atoms with E-state index in [0.29, 0.717) is 39.8 Å². The molecule has 0 N–H and O–H groups in total. The third-order valence-electron chi connectivity index (χ3n) is 5.29. The van der Waals surface area contributed by atoms with Gasteiger partial charge in [0, 0.05) is 18.0 Å². The molecular weight excluding hydrogens is 393 g/mol. The Morgan fingerprint density at radius 2 is 1.63 bits per heavy atom. The van der Waals surface area contributed by atoms with E-state index in [1.165, 1.54) is 50.5 Å². The zero-order valence-electron chi connectivity index (χ0n) is 16.7. The number of methoxy groups -OCH3 is 3. The number of halogens is 1. The lowest BCUT2D eigenvalue weighted by Gasteiger charge is -2.32. The number of nitrogens with zero attached hydrogens (tertiary/aromatic N) is 1. The van der Waals surface area contributed by atoms with Crippen molar-refractivity contribution in [3.05, 3.63) is 59.0 Å². The van der Waals surface area contributed by atoms with E-state index in [2.05, 4.69) is 0 Å². The minimum Gasteiger partial charge on any atom is -0.493 e. The van der Waals surface area contributed by atoms with Gasteiger partial charge in [-0.1, -0.05) is 0 Å². The molecule has 0 aliphatic carbocycles. The molecule has 2 heterocycles. The molecule has 0 fully saturated rings. The highest BCUT2D eigenvalue weighted by Gasteiger charge is 2.43. The van der Waals surface area contributed by atoms with Crippen LogP contribution in [0, 0.1) is 5.82 Å². The predicted molar refractivity (Wildman–Crippen MR) is 105 cm³/mol. The first-order valence-electron chi connectivity index (χ1n) is 9.27. The standard InChI is InChI=1S/C22H20FNO6/c1-27-17-8-12(9-18(28-2)21(17)29-3)15-10-19(25)24(14-6-4-13(23)5-7-14)16-11-30-22(26)20(15)16/h4-9,15H,10-11H2,1-3H3/t15-/m1/s1. The van der Waals surface area contributed by atoms with E-state index in [0.717, 1.165) is 0 Å². The number of amides is 1. The Bertz CT molecular complexity index is 1020. The van der Waals surface area contributed by atoms with Crippen molar-refractivity contribution in [2.24, 2.45) is 0 Å². The van der Waals surface area contributed by atoms with Crippen molar-refractivity contribution in [3.8, 4) is 17.2 Å². The summed E-state index contributed by atoms with van der Waals surface area (Å²) < 4.78 is 34.8. The van der Waals surface area contributed by atoms with Crippen LogP contribution in [0.4, 0.5) is 10.1 Å². The molecule has 0 spiro atoms. The maximum absolute atomic E-state index is 13.3. The number of hydrogen-bond donors (Lipinski definition) is 0. The van der Waals surface area contributed by atoms with E-state index in [-0.39, 0.29) is 18.9 Å². The molecule has 0 bridgehead atoms. The Hall–Kier alpha value is -3.55. The molecule has 0 aromatic heterocycles. The molecule has 2 aromatic rings. The van der Waals surface area contributed by atoms with Crippen molar-refractivity contribution in [3.63, 3.8) is 0 Å². The number of rotatable bonds is 5. The summed E-state index contributed by atoms with van der Waals surface area (Å²) >= 11 is 0. The SMILES string of the molecule is COc1cc([C@H]2CC(=O)N(c3ccc(F)cc3)C3=C2C(=O)OC3)cc(OC)c1OC. The Labute approximate surface area is 172 Å². The molecule has 2 aromatic carbocycles. The van der Waals surface area contributed by atoms with Gasteiger partial charge in [0.1, 0.15) is 12.4 Å². The highest BCUT2D eigenvalue weighted by atomic mass is 19.1. The zero-order valence-corrected chi connectivity index (χ0v) is 16.7.